The minimum atomic E-state index is -0.274. The lowest BCUT2D eigenvalue weighted by Gasteiger charge is -2.14. The number of rotatable bonds is 7. The molecule has 0 aromatic heterocycles. The molecule has 0 aliphatic carbocycles. The number of hydrogen-bond donors (Lipinski definition) is 1. The molecule has 0 fully saturated rings. The van der Waals surface area contributed by atoms with Crippen LogP contribution in [0.4, 0.5) is 4.39 Å². The van der Waals surface area contributed by atoms with Crippen LogP contribution in [0.2, 0.25) is 0 Å². The smallest absolute Gasteiger partial charge is 0.165 e. The Morgan fingerprint density at radius 3 is 2.76 bits per heavy atom. The van der Waals surface area contributed by atoms with Gasteiger partial charge >= 0.3 is 0 Å². The normalized spacial score (nSPS) is 10.9. The standard InChI is InChI=1S/C14H22FNO/c1-4-5-9-17-14-12(10-16-11(2)3)7-6-8-13(14)15/h6-8,11,16H,4-5,9-10H2,1-3H3. The maximum atomic E-state index is 13.6. The molecule has 0 spiro atoms. The number of unbranched alkanes of at least 4 members (excludes halogenated alkanes) is 1. The van der Waals surface area contributed by atoms with E-state index >= 15 is 0 Å². The molecule has 0 saturated heterocycles. The van der Waals surface area contributed by atoms with Crippen LogP contribution in [0, 0.1) is 5.82 Å². The van der Waals surface area contributed by atoms with Crippen molar-refractivity contribution in [3.05, 3.63) is 29.6 Å². The van der Waals surface area contributed by atoms with Crippen LogP contribution in [0.3, 0.4) is 0 Å². The van der Waals surface area contributed by atoms with Crippen LogP contribution in [-0.4, -0.2) is 12.6 Å². The molecule has 3 heteroatoms. The highest BCUT2D eigenvalue weighted by Crippen LogP contribution is 2.23. The van der Waals surface area contributed by atoms with Crippen molar-refractivity contribution in [3.8, 4) is 5.75 Å². The van der Waals surface area contributed by atoms with Gasteiger partial charge in [0, 0.05) is 18.2 Å². The van der Waals surface area contributed by atoms with Crippen LogP contribution < -0.4 is 10.1 Å². The Morgan fingerprint density at radius 2 is 2.12 bits per heavy atom. The molecule has 0 saturated carbocycles. The van der Waals surface area contributed by atoms with E-state index in [0.29, 0.717) is 24.9 Å². The van der Waals surface area contributed by atoms with Crippen LogP contribution in [0.1, 0.15) is 39.2 Å². The van der Waals surface area contributed by atoms with E-state index in [1.54, 1.807) is 6.07 Å². The second-order valence-electron chi connectivity index (χ2n) is 4.47. The van der Waals surface area contributed by atoms with Crippen molar-refractivity contribution in [2.24, 2.45) is 0 Å². The fourth-order valence-electron chi connectivity index (χ4n) is 1.49. The molecule has 0 bridgehead atoms. The molecule has 1 aromatic rings. The molecule has 1 rings (SSSR count). The zero-order valence-corrected chi connectivity index (χ0v) is 10.9. The zero-order chi connectivity index (χ0) is 12.7. The topological polar surface area (TPSA) is 21.3 Å². The van der Waals surface area contributed by atoms with Crippen molar-refractivity contribution in [1.82, 2.24) is 5.32 Å². The van der Waals surface area contributed by atoms with Crippen molar-refractivity contribution < 1.29 is 9.13 Å². The summed E-state index contributed by atoms with van der Waals surface area (Å²) in [7, 11) is 0. The van der Waals surface area contributed by atoms with Gasteiger partial charge in [0.25, 0.3) is 0 Å². The third-order valence-electron chi connectivity index (χ3n) is 2.49. The molecule has 1 N–H and O–H groups in total. The largest absolute Gasteiger partial charge is 0.490 e. The minimum Gasteiger partial charge on any atom is -0.490 e. The predicted molar refractivity (Wildman–Crippen MR) is 68.8 cm³/mol. The molecule has 1 aromatic carbocycles. The third-order valence-corrected chi connectivity index (χ3v) is 2.49. The van der Waals surface area contributed by atoms with E-state index < -0.39 is 0 Å². The Hall–Kier alpha value is -1.09. The monoisotopic (exact) mass is 239 g/mol. The van der Waals surface area contributed by atoms with Gasteiger partial charge in [0.15, 0.2) is 11.6 Å². The molecular formula is C14H22FNO. The summed E-state index contributed by atoms with van der Waals surface area (Å²) in [6.45, 7) is 7.43. The first-order chi connectivity index (χ1) is 8.15. The molecule has 0 radical (unpaired) electrons. The highest BCUT2D eigenvalue weighted by atomic mass is 19.1. The van der Waals surface area contributed by atoms with Crippen LogP contribution in [0.5, 0.6) is 5.75 Å². The van der Waals surface area contributed by atoms with Crippen molar-refractivity contribution in [2.45, 2.75) is 46.2 Å². The van der Waals surface area contributed by atoms with Gasteiger partial charge in [-0.3, -0.25) is 0 Å². The highest BCUT2D eigenvalue weighted by Gasteiger charge is 2.09. The van der Waals surface area contributed by atoms with Crippen molar-refractivity contribution in [3.63, 3.8) is 0 Å². The van der Waals surface area contributed by atoms with Crippen LogP contribution in [0.25, 0.3) is 0 Å². The lowest BCUT2D eigenvalue weighted by Crippen LogP contribution is -2.22. The maximum Gasteiger partial charge on any atom is 0.165 e. The predicted octanol–water partition coefficient (Wildman–Crippen LogP) is 3.50. The maximum absolute atomic E-state index is 13.6. The van der Waals surface area contributed by atoms with Gasteiger partial charge in [0.05, 0.1) is 6.61 Å². The first kappa shape index (κ1) is 14.0. The summed E-state index contributed by atoms with van der Waals surface area (Å²) in [5.74, 6) is 0.123. The first-order valence-electron chi connectivity index (χ1n) is 6.28. The first-order valence-corrected chi connectivity index (χ1v) is 6.28. The van der Waals surface area contributed by atoms with Gasteiger partial charge in [0.1, 0.15) is 0 Å². The van der Waals surface area contributed by atoms with Gasteiger partial charge in [-0.15, -0.1) is 0 Å². The number of ether oxygens (including phenoxy) is 1. The van der Waals surface area contributed by atoms with Gasteiger partial charge in [-0.2, -0.15) is 0 Å². The second kappa shape index (κ2) is 7.28. The molecule has 0 atom stereocenters. The summed E-state index contributed by atoms with van der Waals surface area (Å²) in [5, 5.41) is 3.27. The molecule has 2 nitrogen and oxygen atoms in total. The van der Waals surface area contributed by atoms with E-state index in [9.17, 15) is 4.39 Å². The van der Waals surface area contributed by atoms with E-state index in [0.717, 1.165) is 18.4 Å². The van der Waals surface area contributed by atoms with E-state index in [1.807, 2.05) is 6.07 Å². The molecule has 17 heavy (non-hydrogen) atoms. The van der Waals surface area contributed by atoms with Gasteiger partial charge in [-0.25, -0.2) is 4.39 Å². The average molecular weight is 239 g/mol. The van der Waals surface area contributed by atoms with Gasteiger partial charge < -0.3 is 10.1 Å². The SMILES string of the molecule is CCCCOc1c(F)cccc1CNC(C)C. The molecule has 0 aliphatic heterocycles. The Balaban J connectivity index is 2.69. The Morgan fingerprint density at radius 1 is 1.35 bits per heavy atom. The lowest BCUT2D eigenvalue weighted by molar-refractivity contribution is 0.290. The molecule has 96 valence electrons. The summed E-state index contributed by atoms with van der Waals surface area (Å²) in [6, 6.07) is 5.45. The molecule has 0 aliphatic rings. The summed E-state index contributed by atoms with van der Waals surface area (Å²) in [4.78, 5) is 0. The Labute approximate surface area is 103 Å². The Bertz CT molecular complexity index is 339. The molecule has 0 heterocycles. The fraction of sp³-hybridized carbons (Fsp3) is 0.571. The van der Waals surface area contributed by atoms with E-state index in [-0.39, 0.29) is 5.82 Å². The molecular weight excluding hydrogens is 217 g/mol. The molecule has 0 unspecified atom stereocenters. The van der Waals surface area contributed by atoms with E-state index in [4.69, 9.17) is 4.74 Å². The quantitative estimate of drug-likeness (QED) is 0.735. The number of halogens is 1. The summed E-state index contributed by atoms with van der Waals surface area (Å²) in [5.41, 5.74) is 0.884. The van der Waals surface area contributed by atoms with Crippen LogP contribution in [0.15, 0.2) is 18.2 Å². The lowest BCUT2D eigenvalue weighted by atomic mass is 10.2. The molecule has 0 amide bonds. The van der Waals surface area contributed by atoms with Crippen LogP contribution in [-0.2, 0) is 6.54 Å². The number of hydrogen-bond acceptors (Lipinski definition) is 2. The minimum absolute atomic E-state index is 0.274. The highest BCUT2D eigenvalue weighted by molar-refractivity contribution is 5.34. The van der Waals surface area contributed by atoms with Gasteiger partial charge in [-0.05, 0) is 12.5 Å². The second-order valence-corrected chi connectivity index (χ2v) is 4.47. The number of para-hydroxylation sites is 1. The number of nitrogens with one attached hydrogen (secondary N) is 1. The zero-order valence-electron chi connectivity index (χ0n) is 10.9. The summed E-state index contributed by atoms with van der Waals surface area (Å²) < 4.78 is 19.2. The third kappa shape index (κ3) is 4.73. The summed E-state index contributed by atoms with van der Waals surface area (Å²) in [6.07, 6.45) is 2.00. The van der Waals surface area contributed by atoms with Gasteiger partial charge in [-0.1, -0.05) is 39.3 Å². The van der Waals surface area contributed by atoms with E-state index in [1.165, 1.54) is 6.07 Å². The van der Waals surface area contributed by atoms with Crippen molar-refractivity contribution in [2.75, 3.05) is 6.61 Å². The average Bonchev–Trinajstić information content (AvgIpc) is 2.29. The van der Waals surface area contributed by atoms with E-state index in [2.05, 4.69) is 26.1 Å². The van der Waals surface area contributed by atoms with Gasteiger partial charge in [0.2, 0.25) is 0 Å². The van der Waals surface area contributed by atoms with Crippen molar-refractivity contribution in [1.29, 1.82) is 0 Å². The Kier molecular flexibility index (Phi) is 5.98. The van der Waals surface area contributed by atoms with Crippen molar-refractivity contribution >= 4 is 0 Å². The fourth-order valence-corrected chi connectivity index (χ4v) is 1.49. The van der Waals surface area contributed by atoms with Crippen LogP contribution >= 0.6 is 0 Å². The summed E-state index contributed by atoms with van der Waals surface area (Å²) >= 11 is 0. The number of benzene rings is 1.